The van der Waals surface area contributed by atoms with Gasteiger partial charge in [-0.2, -0.15) is 0 Å². The first-order valence-electron chi connectivity index (χ1n) is 29.9. The van der Waals surface area contributed by atoms with Gasteiger partial charge in [-0.05, 0) is 96.3 Å². The van der Waals surface area contributed by atoms with Gasteiger partial charge in [0.1, 0.15) is 48.8 Å². The van der Waals surface area contributed by atoms with Crippen LogP contribution in [-0.2, 0) is 23.7 Å². The van der Waals surface area contributed by atoms with E-state index < -0.39 is 86.8 Å². The number of aliphatic hydroxyl groups is 8. The second-order valence-corrected chi connectivity index (χ2v) is 20.4. The number of amides is 1. The molecular formula is C65H105NO13. The molecule has 0 aromatic rings. The maximum absolute atomic E-state index is 13.2. The number of rotatable bonds is 45. The standard InChI is InChI=1S/C65H105NO13/c1-3-5-7-9-11-13-14-15-16-17-18-19-20-21-22-23-24-25-26-27-28-29-30-31-32-33-34-35-36-37-38-39-40-41-43-45-47-49-57(70)66-53(54(69)48-46-44-42-12-10-8-6-4-2)52-76-64-62(75)60(73)63(56(51-68)78-64)79-65-61(74)59(72)58(71)55(50-67)77-65/h5,7,11,13,15-16,18-19,21-22,24-25,27-28,30-31,33-34,36-37,39-40,53-56,58-65,67-69,71-75H,3-4,6,8-10,12,14,17,20,23,26,29,32,35,38,41-52H2,1-2H3,(H,66,70)/b7-5-,13-11-,16-15-,19-18-,22-21-,25-24-,28-27-,31-30-,34-33-,37-36-,40-39-. The van der Waals surface area contributed by atoms with Gasteiger partial charge in [0.2, 0.25) is 5.91 Å². The van der Waals surface area contributed by atoms with E-state index in [1.165, 1.54) is 25.7 Å². The highest BCUT2D eigenvalue weighted by molar-refractivity contribution is 5.76. The van der Waals surface area contributed by atoms with Gasteiger partial charge in [0.15, 0.2) is 12.6 Å². The smallest absolute Gasteiger partial charge is 0.220 e. The molecule has 448 valence electrons. The third-order valence-corrected chi connectivity index (χ3v) is 13.6. The normalized spacial score (nSPS) is 25.4. The van der Waals surface area contributed by atoms with Crippen molar-refractivity contribution in [3.8, 4) is 0 Å². The molecule has 12 unspecified atom stereocenters. The van der Waals surface area contributed by atoms with Crippen molar-refractivity contribution in [2.75, 3.05) is 19.8 Å². The molecule has 12 atom stereocenters. The number of aliphatic hydroxyl groups excluding tert-OH is 8. The van der Waals surface area contributed by atoms with Gasteiger partial charge < -0.3 is 65.1 Å². The molecule has 0 radical (unpaired) electrons. The Morgan fingerprint density at radius 1 is 0.468 bits per heavy atom. The Morgan fingerprint density at radius 3 is 1.33 bits per heavy atom. The average Bonchev–Trinajstić information content (AvgIpc) is 3.47. The molecule has 9 N–H and O–H groups in total. The van der Waals surface area contributed by atoms with Crippen LogP contribution in [-0.4, -0.2) is 140 Å². The molecule has 2 heterocycles. The van der Waals surface area contributed by atoms with E-state index in [-0.39, 0.29) is 18.9 Å². The van der Waals surface area contributed by atoms with Crippen molar-refractivity contribution in [2.24, 2.45) is 0 Å². The number of ether oxygens (including phenoxy) is 4. The number of carbonyl (C=O) groups excluding carboxylic acids is 1. The van der Waals surface area contributed by atoms with Crippen molar-refractivity contribution in [3.05, 3.63) is 134 Å². The number of hydrogen-bond acceptors (Lipinski definition) is 13. The third-order valence-electron chi connectivity index (χ3n) is 13.6. The lowest BCUT2D eigenvalue weighted by Gasteiger charge is -2.46. The number of carbonyl (C=O) groups is 1. The van der Waals surface area contributed by atoms with Crippen LogP contribution >= 0.6 is 0 Å². The van der Waals surface area contributed by atoms with E-state index in [0.717, 1.165) is 116 Å². The molecule has 0 aromatic heterocycles. The Kier molecular flexibility index (Phi) is 44.0. The van der Waals surface area contributed by atoms with Gasteiger partial charge in [-0.3, -0.25) is 4.79 Å². The van der Waals surface area contributed by atoms with Crippen LogP contribution in [0.25, 0.3) is 0 Å². The summed E-state index contributed by atoms with van der Waals surface area (Å²) >= 11 is 0. The molecule has 2 saturated heterocycles. The molecule has 0 bridgehead atoms. The second-order valence-electron chi connectivity index (χ2n) is 20.4. The van der Waals surface area contributed by atoms with Crippen molar-refractivity contribution >= 4 is 5.91 Å². The third kappa shape index (κ3) is 34.2. The molecule has 2 rings (SSSR count). The summed E-state index contributed by atoms with van der Waals surface area (Å²) in [5.74, 6) is -0.249. The van der Waals surface area contributed by atoms with E-state index in [2.05, 4.69) is 153 Å². The lowest BCUT2D eigenvalue weighted by atomic mass is 9.97. The van der Waals surface area contributed by atoms with E-state index in [4.69, 9.17) is 18.9 Å². The molecule has 0 saturated carbocycles. The Balaban J connectivity index is 1.64. The predicted molar refractivity (Wildman–Crippen MR) is 318 cm³/mol. The summed E-state index contributed by atoms with van der Waals surface area (Å²) in [5.41, 5.74) is 0. The van der Waals surface area contributed by atoms with E-state index >= 15 is 0 Å². The first kappa shape index (κ1) is 71.2. The fourth-order valence-electron chi connectivity index (χ4n) is 8.83. The lowest BCUT2D eigenvalue weighted by molar-refractivity contribution is -0.359. The number of allylic oxidation sites excluding steroid dienone is 22. The van der Waals surface area contributed by atoms with Gasteiger partial charge in [0.25, 0.3) is 0 Å². The molecule has 79 heavy (non-hydrogen) atoms. The molecule has 0 aliphatic carbocycles. The van der Waals surface area contributed by atoms with Crippen molar-refractivity contribution in [1.29, 1.82) is 0 Å². The zero-order valence-corrected chi connectivity index (χ0v) is 48.0. The molecule has 0 spiro atoms. The van der Waals surface area contributed by atoms with Crippen LogP contribution < -0.4 is 5.32 Å². The second kappa shape index (κ2) is 48.8. The van der Waals surface area contributed by atoms with Crippen LogP contribution in [0.1, 0.15) is 174 Å². The van der Waals surface area contributed by atoms with Crippen molar-refractivity contribution in [1.82, 2.24) is 5.32 Å². The van der Waals surface area contributed by atoms with Gasteiger partial charge in [-0.1, -0.05) is 205 Å². The topological polar surface area (TPSA) is 228 Å². The van der Waals surface area contributed by atoms with Crippen LogP contribution in [0.2, 0.25) is 0 Å². The van der Waals surface area contributed by atoms with Gasteiger partial charge in [-0.25, -0.2) is 0 Å². The summed E-state index contributed by atoms with van der Waals surface area (Å²) in [6, 6.07) is -0.854. The minimum absolute atomic E-state index is 0.249. The lowest BCUT2D eigenvalue weighted by Crippen LogP contribution is -2.65. The van der Waals surface area contributed by atoms with Crippen molar-refractivity contribution in [2.45, 2.75) is 248 Å². The quantitative estimate of drug-likeness (QED) is 0.0205. The SMILES string of the molecule is CC/C=C\C/C=C\C/C=C\C/C=C\C/C=C\C/C=C\C/C=C\C/C=C\C/C=C\C/C=C\C/C=C\CCCCCC(=O)NC(COC1OC(CO)C(OC2OC(CO)C(O)C(O)C2O)C(O)C1O)C(O)CCCCCCCCCC. The fraction of sp³-hybridized carbons (Fsp3) is 0.646. The fourth-order valence-corrected chi connectivity index (χ4v) is 8.83. The largest absolute Gasteiger partial charge is 0.394 e. The number of unbranched alkanes of at least 4 members (excludes halogenated alkanes) is 10. The highest BCUT2D eigenvalue weighted by atomic mass is 16.7. The van der Waals surface area contributed by atoms with E-state index in [0.29, 0.717) is 12.8 Å². The van der Waals surface area contributed by atoms with Gasteiger partial charge >= 0.3 is 0 Å². The monoisotopic (exact) mass is 1110 g/mol. The Morgan fingerprint density at radius 2 is 0.873 bits per heavy atom. The summed E-state index contributed by atoms with van der Waals surface area (Å²) < 4.78 is 22.7. The summed E-state index contributed by atoms with van der Waals surface area (Å²) in [4.78, 5) is 13.2. The highest BCUT2D eigenvalue weighted by Gasteiger charge is 2.51. The molecule has 2 fully saturated rings. The molecule has 2 aliphatic rings. The highest BCUT2D eigenvalue weighted by Crippen LogP contribution is 2.30. The Hall–Kier alpha value is -3.87. The zero-order valence-electron chi connectivity index (χ0n) is 48.0. The molecule has 0 aromatic carbocycles. The zero-order chi connectivity index (χ0) is 57.4. The predicted octanol–water partition coefficient (Wildman–Crippen LogP) is 10.4. The first-order chi connectivity index (χ1) is 38.6. The van der Waals surface area contributed by atoms with Crippen LogP contribution in [0.15, 0.2) is 134 Å². The number of hydrogen-bond donors (Lipinski definition) is 9. The molecular weight excluding hydrogens is 1000 g/mol. The van der Waals surface area contributed by atoms with Crippen molar-refractivity contribution in [3.63, 3.8) is 0 Å². The number of nitrogens with one attached hydrogen (secondary N) is 1. The molecule has 2 aliphatic heterocycles. The van der Waals surface area contributed by atoms with Crippen LogP contribution in [0.5, 0.6) is 0 Å². The maximum atomic E-state index is 13.2. The van der Waals surface area contributed by atoms with Crippen LogP contribution in [0, 0.1) is 0 Å². The molecule has 1 amide bonds. The molecule has 14 nitrogen and oxygen atoms in total. The van der Waals surface area contributed by atoms with E-state index in [1.54, 1.807) is 0 Å². The van der Waals surface area contributed by atoms with Gasteiger partial charge in [-0.15, -0.1) is 0 Å². The maximum Gasteiger partial charge on any atom is 0.220 e. The minimum Gasteiger partial charge on any atom is -0.394 e. The van der Waals surface area contributed by atoms with Gasteiger partial charge in [0.05, 0.1) is 32.0 Å². The minimum atomic E-state index is -1.79. The Labute approximate surface area is 475 Å². The summed E-state index contributed by atoms with van der Waals surface area (Å²) in [7, 11) is 0. The van der Waals surface area contributed by atoms with E-state index in [9.17, 15) is 45.6 Å². The van der Waals surface area contributed by atoms with Crippen molar-refractivity contribution < 1.29 is 64.6 Å². The molecule has 14 heteroatoms. The summed E-state index contributed by atoms with van der Waals surface area (Å²) in [6.45, 7) is 2.64. The van der Waals surface area contributed by atoms with Crippen LogP contribution in [0.3, 0.4) is 0 Å². The summed E-state index contributed by atoms with van der Waals surface area (Å²) in [5, 5.41) is 86.8. The Bertz CT molecular complexity index is 1830. The van der Waals surface area contributed by atoms with E-state index in [1.807, 2.05) is 0 Å². The average molecular weight is 1110 g/mol. The first-order valence-corrected chi connectivity index (χ1v) is 29.9. The van der Waals surface area contributed by atoms with Gasteiger partial charge in [0, 0.05) is 6.42 Å². The van der Waals surface area contributed by atoms with Crippen LogP contribution in [0.4, 0.5) is 0 Å². The summed E-state index contributed by atoms with van der Waals surface area (Å²) in [6.07, 6.45) is 54.9.